The van der Waals surface area contributed by atoms with Crippen molar-refractivity contribution in [3.8, 4) is 5.75 Å². The molecule has 4 rings (SSSR count). The van der Waals surface area contributed by atoms with E-state index in [2.05, 4.69) is 0 Å². The number of ether oxygens (including phenoxy) is 2. The molecule has 1 aliphatic heterocycles. The maximum Gasteiger partial charge on any atom is 0.411 e. The first kappa shape index (κ1) is 20.7. The Kier molecular flexibility index (Phi) is 5.26. The lowest BCUT2D eigenvalue weighted by Gasteiger charge is -2.27. The van der Waals surface area contributed by atoms with Crippen LogP contribution in [-0.4, -0.2) is 35.2 Å². The van der Waals surface area contributed by atoms with Crippen molar-refractivity contribution >= 4 is 34.6 Å². The van der Waals surface area contributed by atoms with Crippen LogP contribution in [0.2, 0.25) is 5.02 Å². The van der Waals surface area contributed by atoms with Gasteiger partial charge >= 0.3 is 17.7 Å². The van der Waals surface area contributed by atoms with Crippen molar-refractivity contribution in [3.63, 3.8) is 0 Å². The van der Waals surface area contributed by atoms with E-state index >= 15 is 0 Å². The van der Waals surface area contributed by atoms with Crippen LogP contribution < -0.4 is 10.4 Å². The highest BCUT2D eigenvalue weighted by molar-refractivity contribution is 6.33. The third-order valence-corrected chi connectivity index (χ3v) is 5.68. The fraction of sp³-hybridized carbons (Fsp3) is 0.500. The monoisotopic (exact) mass is 433 g/mol. The number of fused-ring (bicyclic) bond motifs is 3. The van der Waals surface area contributed by atoms with Crippen molar-refractivity contribution < 1.29 is 23.5 Å². The Labute approximate surface area is 178 Å². The Bertz CT molecular complexity index is 1080. The molecule has 1 saturated heterocycles. The highest BCUT2D eigenvalue weighted by Crippen LogP contribution is 2.35. The molecule has 1 aromatic heterocycles. The number of benzene rings is 1. The highest BCUT2D eigenvalue weighted by Gasteiger charge is 2.38. The molecule has 0 spiro atoms. The molecule has 1 amide bonds. The highest BCUT2D eigenvalue weighted by atomic mass is 35.5. The summed E-state index contributed by atoms with van der Waals surface area (Å²) in [5.74, 6) is -0.491. The van der Waals surface area contributed by atoms with Gasteiger partial charge in [0.25, 0.3) is 0 Å². The van der Waals surface area contributed by atoms with Crippen LogP contribution in [0.25, 0.3) is 11.0 Å². The molecule has 2 aromatic rings. The van der Waals surface area contributed by atoms with Crippen LogP contribution in [0.15, 0.2) is 21.3 Å². The van der Waals surface area contributed by atoms with Gasteiger partial charge < -0.3 is 13.9 Å². The minimum atomic E-state index is -0.751. The Morgan fingerprint density at radius 3 is 2.63 bits per heavy atom. The van der Waals surface area contributed by atoms with Gasteiger partial charge in [0.15, 0.2) is 5.75 Å². The Morgan fingerprint density at radius 1 is 1.17 bits per heavy atom. The zero-order chi connectivity index (χ0) is 21.6. The second-order valence-corrected chi connectivity index (χ2v) is 9.14. The molecule has 1 aromatic carbocycles. The summed E-state index contributed by atoms with van der Waals surface area (Å²) < 4.78 is 16.3. The third kappa shape index (κ3) is 3.90. The summed E-state index contributed by atoms with van der Waals surface area (Å²) in [5.41, 5.74) is 0.966. The van der Waals surface area contributed by atoms with Gasteiger partial charge in [-0.15, -0.1) is 0 Å². The summed E-state index contributed by atoms with van der Waals surface area (Å²) in [7, 11) is 0. The average molecular weight is 434 g/mol. The number of aryl methyl sites for hydroxylation is 1. The number of hydrogen-bond donors (Lipinski definition) is 0. The molecule has 1 atom stereocenters. The van der Waals surface area contributed by atoms with Gasteiger partial charge in [-0.05, 0) is 64.5 Å². The smallest absolute Gasteiger partial charge is 0.411 e. The van der Waals surface area contributed by atoms with E-state index in [-0.39, 0.29) is 16.4 Å². The van der Waals surface area contributed by atoms with Gasteiger partial charge in [-0.1, -0.05) is 11.6 Å². The third-order valence-electron chi connectivity index (χ3n) is 5.39. The van der Waals surface area contributed by atoms with Gasteiger partial charge in [-0.25, -0.2) is 14.4 Å². The van der Waals surface area contributed by atoms with Crippen molar-refractivity contribution in [1.29, 1.82) is 0 Å². The largest absolute Gasteiger partial charge is 0.444 e. The lowest BCUT2D eigenvalue weighted by Crippen LogP contribution is -2.44. The topological polar surface area (TPSA) is 86.1 Å². The van der Waals surface area contributed by atoms with Crippen LogP contribution >= 0.6 is 11.6 Å². The molecule has 8 heteroatoms. The van der Waals surface area contributed by atoms with E-state index in [1.807, 2.05) is 0 Å². The number of amides is 1. The fourth-order valence-corrected chi connectivity index (χ4v) is 4.29. The number of nitrogens with zero attached hydrogens (tertiary/aromatic N) is 1. The van der Waals surface area contributed by atoms with E-state index in [0.29, 0.717) is 37.0 Å². The molecular weight excluding hydrogens is 410 g/mol. The minimum absolute atomic E-state index is 0.103. The summed E-state index contributed by atoms with van der Waals surface area (Å²) in [6, 6.07) is 2.40. The van der Waals surface area contributed by atoms with Gasteiger partial charge in [0, 0.05) is 23.6 Å². The Balaban J connectivity index is 1.58. The number of hydrogen-bond acceptors (Lipinski definition) is 6. The van der Waals surface area contributed by atoms with Crippen LogP contribution in [-0.2, 0) is 22.4 Å². The van der Waals surface area contributed by atoms with Gasteiger partial charge in [0.05, 0.1) is 5.02 Å². The van der Waals surface area contributed by atoms with Crippen LogP contribution in [0.5, 0.6) is 5.75 Å². The average Bonchev–Trinajstić information content (AvgIpc) is 3.31. The summed E-state index contributed by atoms with van der Waals surface area (Å²) in [4.78, 5) is 38.9. The number of likely N-dealkylation sites (tertiary alicyclic amines) is 1. The van der Waals surface area contributed by atoms with Gasteiger partial charge in [-0.2, -0.15) is 0 Å². The predicted octanol–water partition coefficient (Wildman–Crippen LogP) is 4.24. The number of carbonyl (C=O) groups is 2. The molecule has 0 radical (unpaired) electrons. The molecule has 1 aliphatic carbocycles. The predicted molar refractivity (Wildman–Crippen MR) is 111 cm³/mol. The second-order valence-electron chi connectivity index (χ2n) is 8.73. The van der Waals surface area contributed by atoms with Gasteiger partial charge in [0.2, 0.25) is 0 Å². The van der Waals surface area contributed by atoms with Crippen molar-refractivity contribution in [3.05, 3.63) is 38.7 Å². The van der Waals surface area contributed by atoms with Crippen LogP contribution in [0.1, 0.15) is 51.2 Å². The van der Waals surface area contributed by atoms with Crippen molar-refractivity contribution in [2.45, 2.75) is 64.5 Å². The molecule has 0 saturated carbocycles. The zero-order valence-electron chi connectivity index (χ0n) is 17.2. The zero-order valence-corrected chi connectivity index (χ0v) is 18.0. The standard InChI is InChI=1S/C22H24ClNO6/c1-22(2,3)30-21(27)24-9-5-8-16(24)20(26)29-18-11-17-14(10-15(18)23)12-6-4-7-13(12)19(25)28-17/h10-11,16H,4-9H2,1-3H3/t16-/m0/s1. The molecule has 30 heavy (non-hydrogen) atoms. The van der Waals surface area contributed by atoms with Crippen LogP contribution in [0.3, 0.4) is 0 Å². The molecule has 0 N–H and O–H groups in total. The van der Waals surface area contributed by atoms with Gasteiger partial charge in [0.1, 0.15) is 17.2 Å². The summed E-state index contributed by atoms with van der Waals surface area (Å²) in [5, 5.41) is 1.02. The first-order valence-electron chi connectivity index (χ1n) is 10.1. The SMILES string of the molecule is CC(C)(C)OC(=O)N1CCC[C@H]1C(=O)Oc1cc2oc(=O)c3c(c2cc1Cl)CCC3. The maximum atomic E-state index is 12.8. The first-order chi connectivity index (χ1) is 14.1. The number of esters is 1. The Morgan fingerprint density at radius 2 is 1.90 bits per heavy atom. The molecule has 7 nitrogen and oxygen atoms in total. The lowest BCUT2D eigenvalue weighted by molar-refractivity contribution is -0.139. The molecule has 0 unspecified atom stereocenters. The molecule has 2 heterocycles. The van der Waals surface area contributed by atoms with E-state index in [1.165, 1.54) is 11.0 Å². The van der Waals surface area contributed by atoms with E-state index in [4.69, 9.17) is 25.5 Å². The van der Waals surface area contributed by atoms with E-state index in [9.17, 15) is 14.4 Å². The van der Waals surface area contributed by atoms with E-state index in [0.717, 1.165) is 23.8 Å². The van der Waals surface area contributed by atoms with Crippen LogP contribution in [0.4, 0.5) is 4.79 Å². The van der Waals surface area contributed by atoms with Crippen molar-refractivity contribution in [2.75, 3.05) is 6.54 Å². The lowest BCUT2D eigenvalue weighted by atomic mass is 10.1. The summed E-state index contributed by atoms with van der Waals surface area (Å²) in [6.45, 7) is 5.73. The number of carbonyl (C=O) groups excluding carboxylic acids is 2. The van der Waals surface area contributed by atoms with E-state index < -0.39 is 23.7 Å². The molecule has 0 bridgehead atoms. The van der Waals surface area contributed by atoms with Gasteiger partial charge in [-0.3, -0.25) is 4.90 Å². The maximum absolute atomic E-state index is 12.8. The minimum Gasteiger partial charge on any atom is -0.444 e. The van der Waals surface area contributed by atoms with Crippen LogP contribution in [0, 0.1) is 0 Å². The molecule has 2 aliphatic rings. The first-order valence-corrected chi connectivity index (χ1v) is 10.5. The Hall–Kier alpha value is -2.54. The molecule has 160 valence electrons. The van der Waals surface area contributed by atoms with Crippen molar-refractivity contribution in [1.82, 2.24) is 4.90 Å². The summed E-state index contributed by atoms with van der Waals surface area (Å²) in [6.07, 6.45) is 2.99. The normalized spacial score (nSPS) is 18.5. The van der Waals surface area contributed by atoms with Crippen molar-refractivity contribution in [2.24, 2.45) is 0 Å². The molecule has 1 fully saturated rings. The summed E-state index contributed by atoms with van der Waals surface area (Å²) >= 11 is 6.38. The second kappa shape index (κ2) is 7.61. The molecular formula is C22H24ClNO6. The quantitative estimate of drug-likeness (QED) is 0.400. The fourth-order valence-electron chi connectivity index (χ4n) is 4.09. The number of rotatable bonds is 2. The van der Waals surface area contributed by atoms with E-state index in [1.54, 1.807) is 26.8 Å². The number of halogens is 1.